The van der Waals surface area contributed by atoms with Crippen molar-refractivity contribution in [1.29, 1.82) is 0 Å². The highest BCUT2D eigenvalue weighted by Crippen LogP contribution is 2.14. The van der Waals surface area contributed by atoms with Crippen LogP contribution in [0.5, 0.6) is 11.6 Å². The second-order valence-corrected chi connectivity index (χ2v) is 4.44. The molecule has 0 aliphatic rings. The van der Waals surface area contributed by atoms with E-state index in [-0.39, 0.29) is 17.1 Å². The fraction of sp³-hybridized carbons (Fsp3) is 0.188. The molecule has 0 aromatic carbocycles. The lowest BCUT2D eigenvalue weighted by Gasteiger charge is -2.06. The van der Waals surface area contributed by atoms with Gasteiger partial charge >= 0.3 is 5.97 Å². The number of H-pyrrole nitrogens is 1. The van der Waals surface area contributed by atoms with Crippen LogP contribution in [0.25, 0.3) is 12.2 Å². The molecule has 0 radical (unpaired) electrons. The van der Waals surface area contributed by atoms with Crippen LogP contribution in [0.1, 0.15) is 21.7 Å². The van der Waals surface area contributed by atoms with Gasteiger partial charge in [0.25, 0.3) is 0 Å². The number of ether oxygens (including phenoxy) is 3. The van der Waals surface area contributed by atoms with E-state index in [9.17, 15) is 9.59 Å². The van der Waals surface area contributed by atoms with Gasteiger partial charge in [0.05, 0.1) is 38.9 Å². The van der Waals surface area contributed by atoms with Gasteiger partial charge in [-0.1, -0.05) is 0 Å². The van der Waals surface area contributed by atoms with Crippen LogP contribution in [-0.4, -0.2) is 37.3 Å². The number of methoxy groups -OCH3 is 3. The molecule has 7 heteroatoms. The van der Waals surface area contributed by atoms with Crippen LogP contribution in [0.4, 0.5) is 0 Å². The van der Waals surface area contributed by atoms with Gasteiger partial charge in [0.2, 0.25) is 5.43 Å². The number of carbonyl (C=O) groups excluding carboxylic acids is 1. The molecule has 7 nitrogen and oxygen atoms in total. The number of aromatic nitrogens is 2. The smallest absolute Gasteiger partial charge is 0.344 e. The first-order chi connectivity index (χ1) is 11.1. The maximum absolute atomic E-state index is 12.0. The Bertz CT molecular complexity index is 778. The van der Waals surface area contributed by atoms with Crippen molar-refractivity contribution < 1.29 is 19.0 Å². The monoisotopic (exact) mass is 316 g/mol. The van der Waals surface area contributed by atoms with E-state index in [1.165, 1.54) is 20.3 Å². The first-order valence-electron chi connectivity index (χ1n) is 6.66. The van der Waals surface area contributed by atoms with E-state index in [1.807, 2.05) is 0 Å². The van der Waals surface area contributed by atoms with Crippen molar-refractivity contribution in [2.24, 2.45) is 0 Å². The highest BCUT2D eigenvalue weighted by Gasteiger charge is 2.16. The summed E-state index contributed by atoms with van der Waals surface area (Å²) < 4.78 is 14.7. The van der Waals surface area contributed by atoms with E-state index in [4.69, 9.17) is 9.47 Å². The molecule has 0 spiro atoms. The normalized spacial score (nSPS) is 10.6. The maximum atomic E-state index is 12.0. The summed E-state index contributed by atoms with van der Waals surface area (Å²) in [6.45, 7) is 0. The summed E-state index contributed by atoms with van der Waals surface area (Å²) in [5.74, 6) is 0.147. The van der Waals surface area contributed by atoms with Crippen molar-refractivity contribution in [3.63, 3.8) is 0 Å². The van der Waals surface area contributed by atoms with Gasteiger partial charge in [-0.2, -0.15) is 0 Å². The van der Waals surface area contributed by atoms with Gasteiger partial charge in [-0.3, -0.25) is 9.78 Å². The molecule has 0 bridgehead atoms. The van der Waals surface area contributed by atoms with Crippen molar-refractivity contribution in [3.8, 4) is 11.6 Å². The van der Waals surface area contributed by atoms with Crippen molar-refractivity contribution in [2.45, 2.75) is 0 Å². The Balaban J connectivity index is 2.43. The summed E-state index contributed by atoms with van der Waals surface area (Å²) in [4.78, 5) is 30.9. The zero-order valence-electron chi connectivity index (χ0n) is 13.0. The fourth-order valence-electron chi connectivity index (χ4n) is 1.88. The molecule has 0 aliphatic carbocycles. The van der Waals surface area contributed by atoms with Crippen LogP contribution < -0.4 is 14.9 Å². The molecule has 120 valence electrons. The van der Waals surface area contributed by atoms with E-state index < -0.39 is 11.4 Å². The average molecular weight is 316 g/mol. The summed E-state index contributed by atoms with van der Waals surface area (Å²) in [6.07, 6.45) is 4.77. The van der Waals surface area contributed by atoms with Crippen molar-refractivity contribution in [3.05, 3.63) is 51.6 Å². The number of hydrogen-bond donors (Lipinski definition) is 1. The maximum Gasteiger partial charge on any atom is 0.344 e. The van der Waals surface area contributed by atoms with E-state index >= 15 is 0 Å². The molecule has 0 atom stereocenters. The number of aromatic amines is 1. The van der Waals surface area contributed by atoms with Gasteiger partial charge in [-0.15, -0.1) is 0 Å². The summed E-state index contributed by atoms with van der Waals surface area (Å²) >= 11 is 0. The first kappa shape index (κ1) is 16.3. The van der Waals surface area contributed by atoms with Crippen molar-refractivity contribution >= 4 is 18.1 Å². The summed E-state index contributed by atoms with van der Waals surface area (Å²) in [7, 11) is 4.18. The molecule has 0 aliphatic heterocycles. The van der Waals surface area contributed by atoms with Crippen molar-refractivity contribution in [2.75, 3.05) is 21.3 Å². The highest BCUT2D eigenvalue weighted by molar-refractivity contribution is 5.93. The minimum atomic E-state index is -0.726. The summed E-state index contributed by atoms with van der Waals surface area (Å²) in [5, 5.41) is 0. The minimum Gasteiger partial charge on any atom is -0.495 e. The SMILES string of the molecule is COC(=O)c1c(/C=C/c2ccc(OC)cn2)[nH]c(OC)cc1=O. The standard InChI is InChI=1S/C16H16N2O5/c1-21-11-6-4-10(17-9-11)5-7-12-15(16(20)23-3)13(19)8-14(18-12)22-2/h4-9H,1-3H3,(H,18,19)/b7-5+. The zero-order chi connectivity index (χ0) is 16.8. The van der Waals surface area contributed by atoms with Crippen LogP contribution in [0.2, 0.25) is 0 Å². The molecule has 0 saturated heterocycles. The van der Waals surface area contributed by atoms with Crippen molar-refractivity contribution in [1.82, 2.24) is 9.97 Å². The number of rotatable bonds is 5. The largest absolute Gasteiger partial charge is 0.495 e. The van der Waals surface area contributed by atoms with Gasteiger partial charge in [0, 0.05) is 6.07 Å². The Morgan fingerprint density at radius 2 is 1.96 bits per heavy atom. The number of pyridine rings is 2. The molecule has 2 aromatic heterocycles. The predicted octanol–water partition coefficient (Wildman–Crippen LogP) is 1.74. The molecule has 2 heterocycles. The van der Waals surface area contributed by atoms with E-state index in [0.29, 0.717) is 11.4 Å². The van der Waals surface area contributed by atoms with Gasteiger partial charge in [0.1, 0.15) is 11.3 Å². The second-order valence-electron chi connectivity index (χ2n) is 4.44. The third kappa shape index (κ3) is 3.76. The van der Waals surface area contributed by atoms with Crippen LogP contribution in [0.3, 0.4) is 0 Å². The number of carbonyl (C=O) groups is 1. The molecule has 23 heavy (non-hydrogen) atoms. The molecule has 0 fully saturated rings. The second kappa shape index (κ2) is 7.26. The number of hydrogen-bond acceptors (Lipinski definition) is 6. The molecule has 2 rings (SSSR count). The van der Waals surface area contributed by atoms with Gasteiger partial charge < -0.3 is 19.2 Å². The highest BCUT2D eigenvalue weighted by atomic mass is 16.5. The van der Waals surface area contributed by atoms with Crippen LogP contribution in [0.15, 0.2) is 29.2 Å². The number of nitrogens with one attached hydrogen (secondary N) is 1. The molecule has 0 amide bonds. The van der Waals surface area contributed by atoms with Gasteiger partial charge in [0.15, 0.2) is 5.88 Å². The molecular formula is C16H16N2O5. The number of esters is 1. The van der Waals surface area contributed by atoms with Crippen LogP contribution in [0, 0.1) is 0 Å². The lowest BCUT2D eigenvalue weighted by atomic mass is 10.1. The Labute approximate surface area is 132 Å². The summed E-state index contributed by atoms with van der Waals surface area (Å²) in [5.41, 5.74) is 0.317. The number of nitrogens with zero attached hydrogens (tertiary/aromatic N) is 1. The summed E-state index contributed by atoms with van der Waals surface area (Å²) in [6, 6.07) is 4.68. The Morgan fingerprint density at radius 1 is 1.17 bits per heavy atom. The third-order valence-corrected chi connectivity index (χ3v) is 3.06. The molecule has 0 unspecified atom stereocenters. The van der Waals surface area contributed by atoms with E-state index in [0.717, 1.165) is 0 Å². The Hall–Kier alpha value is -3.09. The first-order valence-corrected chi connectivity index (χ1v) is 6.66. The fourth-order valence-corrected chi connectivity index (χ4v) is 1.88. The van der Waals surface area contributed by atoms with Crippen LogP contribution in [-0.2, 0) is 4.74 Å². The minimum absolute atomic E-state index is 0.0990. The van der Waals surface area contributed by atoms with Gasteiger partial charge in [-0.05, 0) is 24.3 Å². The molecule has 2 aromatic rings. The average Bonchev–Trinajstić information content (AvgIpc) is 2.59. The van der Waals surface area contributed by atoms with Gasteiger partial charge in [-0.25, -0.2) is 4.79 Å². The topological polar surface area (TPSA) is 90.5 Å². The third-order valence-electron chi connectivity index (χ3n) is 3.06. The zero-order valence-corrected chi connectivity index (χ0v) is 13.0. The van der Waals surface area contributed by atoms with E-state index in [2.05, 4.69) is 14.7 Å². The molecule has 0 saturated carbocycles. The van der Waals surface area contributed by atoms with E-state index in [1.54, 1.807) is 37.6 Å². The lowest BCUT2D eigenvalue weighted by molar-refractivity contribution is 0.0598. The quantitative estimate of drug-likeness (QED) is 0.845. The van der Waals surface area contributed by atoms with Crippen LogP contribution >= 0.6 is 0 Å². The molecular weight excluding hydrogens is 300 g/mol. The Morgan fingerprint density at radius 3 is 2.52 bits per heavy atom. The lowest BCUT2D eigenvalue weighted by Crippen LogP contribution is -2.19. The Kier molecular flexibility index (Phi) is 5.14. The predicted molar refractivity (Wildman–Crippen MR) is 84.7 cm³/mol. The molecule has 1 N–H and O–H groups in total.